The lowest BCUT2D eigenvalue weighted by Gasteiger charge is -2.34. The molecule has 1 saturated heterocycles. The van der Waals surface area contributed by atoms with Crippen molar-refractivity contribution in [3.63, 3.8) is 0 Å². The molecule has 1 atom stereocenters. The number of methoxy groups -OCH3 is 1. The Morgan fingerprint density at radius 1 is 1.43 bits per heavy atom. The molecule has 2 aromatic rings. The highest BCUT2D eigenvalue weighted by Crippen LogP contribution is 2.22. The van der Waals surface area contributed by atoms with Gasteiger partial charge in [0, 0.05) is 38.4 Å². The van der Waals surface area contributed by atoms with Gasteiger partial charge in [0.15, 0.2) is 5.96 Å². The van der Waals surface area contributed by atoms with Crippen molar-refractivity contribution in [2.75, 3.05) is 39.9 Å². The number of aryl methyl sites for hydroxylation is 2. The quantitative estimate of drug-likeness (QED) is 0.611. The van der Waals surface area contributed by atoms with Crippen LogP contribution in [0.3, 0.4) is 0 Å². The lowest BCUT2D eigenvalue weighted by Crippen LogP contribution is -2.48. The van der Waals surface area contributed by atoms with Crippen molar-refractivity contribution < 1.29 is 9.47 Å². The van der Waals surface area contributed by atoms with Crippen LogP contribution in [0, 0.1) is 6.92 Å². The van der Waals surface area contributed by atoms with E-state index >= 15 is 0 Å². The molecular formula is C21H31N5O2. The molecule has 0 bridgehead atoms. The van der Waals surface area contributed by atoms with Crippen LogP contribution in [0.25, 0.3) is 0 Å². The van der Waals surface area contributed by atoms with Gasteiger partial charge in [0.1, 0.15) is 11.9 Å². The zero-order valence-corrected chi connectivity index (χ0v) is 17.3. The fraction of sp³-hybridized carbons (Fsp3) is 0.524. The van der Waals surface area contributed by atoms with Gasteiger partial charge in [0.25, 0.3) is 0 Å². The van der Waals surface area contributed by atoms with E-state index in [0.29, 0.717) is 13.2 Å². The summed E-state index contributed by atoms with van der Waals surface area (Å²) in [5.41, 5.74) is 3.53. The summed E-state index contributed by atoms with van der Waals surface area (Å²) in [6.45, 7) is 8.01. The Morgan fingerprint density at radius 3 is 3.00 bits per heavy atom. The number of morpholine rings is 1. The van der Waals surface area contributed by atoms with Crippen molar-refractivity contribution in [3.05, 3.63) is 47.3 Å². The van der Waals surface area contributed by atoms with Gasteiger partial charge in [0.2, 0.25) is 0 Å². The van der Waals surface area contributed by atoms with Crippen LogP contribution >= 0.6 is 0 Å². The molecule has 0 spiro atoms. The zero-order chi connectivity index (χ0) is 19.9. The first-order chi connectivity index (χ1) is 13.6. The Kier molecular flexibility index (Phi) is 6.92. The summed E-state index contributed by atoms with van der Waals surface area (Å²) < 4.78 is 13.3. The van der Waals surface area contributed by atoms with E-state index in [2.05, 4.69) is 41.3 Å². The second-order valence-corrected chi connectivity index (χ2v) is 7.05. The first-order valence-electron chi connectivity index (χ1n) is 9.87. The van der Waals surface area contributed by atoms with Crippen LogP contribution in [0.5, 0.6) is 5.75 Å². The third-order valence-corrected chi connectivity index (χ3v) is 4.88. The normalized spacial score (nSPS) is 17.6. The van der Waals surface area contributed by atoms with E-state index in [1.165, 1.54) is 11.1 Å². The van der Waals surface area contributed by atoms with Crippen LogP contribution in [0.2, 0.25) is 0 Å². The number of aromatic nitrogens is 2. The highest BCUT2D eigenvalue weighted by Gasteiger charge is 2.25. The molecule has 1 aromatic carbocycles. The highest BCUT2D eigenvalue weighted by molar-refractivity contribution is 5.80. The van der Waals surface area contributed by atoms with Crippen molar-refractivity contribution in [1.29, 1.82) is 0 Å². The van der Waals surface area contributed by atoms with E-state index in [9.17, 15) is 0 Å². The number of rotatable bonds is 6. The second-order valence-electron chi connectivity index (χ2n) is 7.05. The number of ether oxygens (including phenoxy) is 2. The average Bonchev–Trinajstić information content (AvgIpc) is 3.14. The molecule has 0 radical (unpaired) electrons. The van der Waals surface area contributed by atoms with E-state index < -0.39 is 0 Å². The standard InChI is InChI=1S/C21H31N5O2/c1-5-22-21(23-9-8-17-12-16(2)6-7-19(17)27-4)26-10-11-28-20(15-26)18-13-24-25(3)14-18/h6-7,12-14,20H,5,8-11,15H2,1-4H3,(H,22,23). The van der Waals surface area contributed by atoms with Gasteiger partial charge < -0.3 is 19.7 Å². The Balaban J connectivity index is 1.67. The SMILES string of the molecule is CCNC(=NCCc1cc(C)ccc1OC)N1CCOC(c2cnn(C)c2)C1. The molecule has 7 heteroatoms. The minimum Gasteiger partial charge on any atom is -0.496 e. The van der Waals surface area contributed by atoms with Gasteiger partial charge in [-0.05, 0) is 31.9 Å². The fourth-order valence-electron chi connectivity index (χ4n) is 3.46. The molecule has 3 rings (SSSR count). The predicted molar refractivity (Wildman–Crippen MR) is 111 cm³/mol. The maximum Gasteiger partial charge on any atom is 0.194 e. The smallest absolute Gasteiger partial charge is 0.194 e. The van der Waals surface area contributed by atoms with Crippen LogP contribution in [0.4, 0.5) is 0 Å². The Hall–Kier alpha value is -2.54. The van der Waals surface area contributed by atoms with Crippen LogP contribution in [0.1, 0.15) is 29.7 Å². The number of guanidine groups is 1. The molecule has 7 nitrogen and oxygen atoms in total. The second kappa shape index (κ2) is 9.59. The van der Waals surface area contributed by atoms with E-state index in [4.69, 9.17) is 14.5 Å². The first-order valence-corrected chi connectivity index (χ1v) is 9.87. The van der Waals surface area contributed by atoms with Crippen molar-refractivity contribution in [2.24, 2.45) is 12.0 Å². The summed E-state index contributed by atoms with van der Waals surface area (Å²) in [5, 5.41) is 7.69. The van der Waals surface area contributed by atoms with Gasteiger partial charge in [-0.25, -0.2) is 0 Å². The van der Waals surface area contributed by atoms with E-state index in [1.807, 2.05) is 30.2 Å². The molecule has 1 aromatic heterocycles. The van der Waals surface area contributed by atoms with E-state index in [1.54, 1.807) is 7.11 Å². The van der Waals surface area contributed by atoms with Crippen molar-refractivity contribution >= 4 is 5.96 Å². The number of aliphatic imine (C=N–C) groups is 1. The van der Waals surface area contributed by atoms with Crippen LogP contribution in [-0.2, 0) is 18.2 Å². The summed E-state index contributed by atoms with van der Waals surface area (Å²) in [5.74, 6) is 1.86. The average molecular weight is 386 g/mol. The van der Waals surface area contributed by atoms with Crippen molar-refractivity contribution in [1.82, 2.24) is 20.0 Å². The number of benzene rings is 1. The lowest BCUT2D eigenvalue weighted by atomic mass is 10.1. The van der Waals surface area contributed by atoms with Crippen molar-refractivity contribution in [3.8, 4) is 5.75 Å². The number of hydrogen-bond donors (Lipinski definition) is 1. The van der Waals surface area contributed by atoms with Crippen LogP contribution in [0.15, 0.2) is 35.6 Å². The topological polar surface area (TPSA) is 63.9 Å². The van der Waals surface area contributed by atoms with E-state index in [-0.39, 0.29) is 6.10 Å². The molecule has 1 aliphatic heterocycles. The summed E-state index contributed by atoms with van der Waals surface area (Å²) in [7, 11) is 3.64. The Labute approximate surface area is 167 Å². The number of nitrogens with zero attached hydrogens (tertiary/aromatic N) is 4. The van der Waals surface area contributed by atoms with Crippen molar-refractivity contribution in [2.45, 2.75) is 26.4 Å². The summed E-state index contributed by atoms with van der Waals surface area (Å²) >= 11 is 0. The number of nitrogens with one attached hydrogen (secondary N) is 1. The molecule has 1 N–H and O–H groups in total. The largest absolute Gasteiger partial charge is 0.496 e. The molecule has 2 heterocycles. The Bertz CT molecular complexity index is 802. The number of hydrogen-bond acceptors (Lipinski definition) is 4. The summed E-state index contributed by atoms with van der Waals surface area (Å²) in [6, 6.07) is 6.27. The maximum atomic E-state index is 5.96. The van der Waals surface area contributed by atoms with E-state index in [0.717, 1.165) is 43.3 Å². The monoisotopic (exact) mass is 385 g/mol. The molecule has 1 fully saturated rings. The highest BCUT2D eigenvalue weighted by atomic mass is 16.5. The van der Waals surface area contributed by atoms with Gasteiger partial charge in [-0.2, -0.15) is 5.10 Å². The first kappa shape index (κ1) is 20.2. The molecule has 0 saturated carbocycles. The minimum atomic E-state index is 0.0168. The van der Waals surface area contributed by atoms with Gasteiger partial charge in [-0.1, -0.05) is 17.7 Å². The van der Waals surface area contributed by atoms with Gasteiger partial charge in [0.05, 0.1) is 26.5 Å². The molecular weight excluding hydrogens is 354 g/mol. The lowest BCUT2D eigenvalue weighted by molar-refractivity contribution is -0.00803. The van der Waals surface area contributed by atoms with Crippen LogP contribution < -0.4 is 10.1 Å². The molecule has 28 heavy (non-hydrogen) atoms. The third kappa shape index (κ3) is 5.04. The van der Waals surface area contributed by atoms with Crippen LogP contribution in [-0.4, -0.2) is 60.5 Å². The van der Waals surface area contributed by atoms with Gasteiger partial charge >= 0.3 is 0 Å². The molecule has 0 aliphatic carbocycles. The summed E-state index contributed by atoms with van der Waals surface area (Å²) in [6.07, 6.45) is 4.75. The maximum absolute atomic E-state index is 5.96. The minimum absolute atomic E-state index is 0.0168. The fourth-order valence-corrected chi connectivity index (χ4v) is 3.46. The summed E-state index contributed by atoms with van der Waals surface area (Å²) in [4.78, 5) is 7.15. The molecule has 0 amide bonds. The predicted octanol–water partition coefficient (Wildman–Crippen LogP) is 2.32. The molecule has 152 valence electrons. The molecule has 1 aliphatic rings. The third-order valence-electron chi connectivity index (χ3n) is 4.88. The Morgan fingerprint density at radius 2 is 2.29 bits per heavy atom. The zero-order valence-electron chi connectivity index (χ0n) is 17.3. The van der Waals surface area contributed by atoms with Gasteiger partial charge in [-0.3, -0.25) is 9.67 Å². The molecule has 1 unspecified atom stereocenters. The van der Waals surface area contributed by atoms with Gasteiger partial charge in [-0.15, -0.1) is 0 Å².